The minimum absolute atomic E-state index is 0.191. The van der Waals surface area contributed by atoms with E-state index in [2.05, 4.69) is 4.40 Å². The molecule has 1 heterocycles. The number of hydrogen-bond acceptors (Lipinski definition) is 3. The zero-order valence-corrected chi connectivity index (χ0v) is 15.2. The van der Waals surface area contributed by atoms with E-state index >= 15 is 0 Å². The fourth-order valence-electron chi connectivity index (χ4n) is 2.13. The summed E-state index contributed by atoms with van der Waals surface area (Å²) in [4.78, 5) is 0.955. The number of aryl methyl sites for hydroxylation is 1. The van der Waals surface area contributed by atoms with Crippen molar-refractivity contribution in [1.82, 2.24) is 0 Å². The molecule has 3 rings (SSSR count). The molecule has 0 atom stereocenters. The van der Waals surface area contributed by atoms with Crippen LogP contribution in [0.4, 0.5) is 0 Å². The second kappa shape index (κ2) is 6.89. The zero-order chi connectivity index (χ0) is 17.2. The van der Waals surface area contributed by atoms with Gasteiger partial charge in [0.15, 0.2) is 0 Å². The Balaban J connectivity index is 1.84. The molecule has 0 spiro atoms. The lowest BCUT2D eigenvalue weighted by Crippen LogP contribution is -1.97. The highest BCUT2D eigenvalue weighted by molar-refractivity contribution is 7.90. The van der Waals surface area contributed by atoms with Crippen molar-refractivity contribution < 1.29 is 8.42 Å². The maximum atomic E-state index is 12.2. The van der Waals surface area contributed by atoms with E-state index in [-0.39, 0.29) is 4.90 Å². The third-order valence-corrected chi connectivity index (χ3v) is 5.77. The minimum atomic E-state index is -3.68. The molecule has 3 nitrogen and oxygen atoms in total. The number of benzene rings is 2. The molecule has 0 radical (unpaired) electrons. The van der Waals surface area contributed by atoms with Gasteiger partial charge in [-0.25, -0.2) is 0 Å². The molecular formula is C18H14ClNO2S2. The maximum absolute atomic E-state index is 12.2. The van der Waals surface area contributed by atoms with Crippen LogP contribution < -0.4 is 0 Å². The van der Waals surface area contributed by atoms with Crippen LogP contribution in [-0.2, 0) is 10.0 Å². The summed E-state index contributed by atoms with van der Waals surface area (Å²) in [6.07, 6.45) is 1.38. The van der Waals surface area contributed by atoms with Crippen LogP contribution in [0.1, 0.15) is 10.4 Å². The van der Waals surface area contributed by atoms with Crippen molar-refractivity contribution in [2.24, 2.45) is 4.40 Å². The Morgan fingerprint density at radius 3 is 2.50 bits per heavy atom. The first-order valence-electron chi connectivity index (χ1n) is 7.15. The molecule has 0 saturated carbocycles. The molecule has 0 N–H and O–H groups in total. The number of rotatable bonds is 4. The zero-order valence-electron chi connectivity index (χ0n) is 12.8. The highest BCUT2D eigenvalue weighted by Gasteiger charge is 2.11. The third kappa shape index (κ3) is 3.93. The first-order chi connectivity index (χ1) is 11.4. The Kier molecular flexibility index (Phi) is 4.85. The summed E-state index contributed by atoms with van der Waals surface area (Å²) in [5.74, 6) is 0. The molecule has 122 valence electrons. The van der Waals surface area contributed by atoms with Gasteiger partial charge in [-0.1, -0.05) is 41.4 Å². The lowest BCUT2D eigenvalue weighted by atomic mass is 10.1. The summed E-state index contributed by atoms with van der Waals surface area (Å²) in [5.41, 5.74) is 2.97. The lowest BCUT2D eigenvalue weighted by molar-refractivity contribution is 0.598. The average molecular weight is 376 g/mol. The second-order valence-corrected chi connectivity index (χ2v) is 8.28. The van der Waals surface area contributed by atoms with Gasteiger partial charge in [0, 0.05) is 9.90 Å². The van der Waals surface area contributed by atoms with Crippen molar-refractivity contribution in [2.75, 3.05) is 0 Å². The fourth-order valence-corrected chi connectivity index (χ4v) is 4.02. The standard InChI is InChI=1S/C18H14ClNO2S2/c1-13-5-7-18(8-6-13)24(21,22)20-11-17-10-15(12-23-17)14-3-2-4-16(19)9-14/h2-12H,1H3. The average Bonchev–Trinajstić information content (AvgIpc) is 3.03. The summed E-state index contributed by atoms with van der Waals surface area (Å²) in [6, 6.07) is 16.0. The molecular weight excluding hydrogens is 362 g/mol. The Labute approximate surface area is 150 Å². The summed E-state index contributed by atoms with van der Waals surface area (Å²) >= 11 is 7.43. The third-order valence-electron chi connectivity index (χ3n) is 3.42. The molecule has 0 unspecified atom stereocenters. The number of halogens is 1. The topological polar surface area (TPSA) is 46.5 Å². The first-order valence-corrected chi connectivity index (χ1v) is 9.85. The molecule has 0 fully saturated rings. The first kappa shape index (κ1) is 16.9. The highest BCUT2D eigenvalue weighted by atomic mass is 35.5. The Hall–Kier alpha value is -1.95. The maximum Gasteiger partial charge on any atom is 0.282 e. The van der Waals surface area contributed by atoms with E-state index < -0.39 is 10.0 Å². The summed E-state index contributed by atoms with van der Waals surface area (Å²) < 4.78 is 28.2. The van der Waals surface area contributed by atoms with Gasteiger partial charge in [0.2, 0.25) is 0 Å². The van der Waals surface area contributed by atoms with Crippen molar-refractivity contribution in [3.63, 3.8) is 0 Å². The molecule has 2 aromatic carbocycles. The molecule has 0 saturated heterocycles. The van der Waals surface area contributed by atoms with Gasteiger partial charge >= 0.3 is 0 Å². The van der Waals surface area contributed by atoms with Gasteiger partial charge in [0.05, 0.1) is 11.1 Å². The van der Waals surface area contributed by atoms with Gasteiger partial charge in [0.1, 0.15) is 0 Å². The monoisotopic (exact) mass is 375 g/mol. The van der Waals surface area contributed by atoms with Crippen LogP contribution in [0, 0.1) is 6.92 Å². The second-order valence-electron chi connectivity index (χ2n) is 5.27. The summed E-state index contributed by atoms with van der Waals surface area (Å²) in [7, 11) is -3.68. The van der Waals surface area contributed by atoms with Gasteiger partial charge < -0.3 is 0 Å². The molecule has 0 aliphatic heterocycles. The molecule has 3 aromatic rings. The van der Waals surface area contributed by atoms with Crippen molar-refractivity contribution >= 4 is 39.2 Å². The van der Waals surface area contributed by atoms with Crippen LogP contribution in [0.2, 0.25) is 5.02 Å². The lowest BCUT2D eigenvalue weighted by Gasteiger charge is -1.98. The quantitative estimate of drug-likeness (QED) is 0.589. The predicted molar refractivity (Wildman–Crippen MR) is 101 cm³/mol. The van der Waals surface area contributed by atoms with E-state index in [0.29, 0.717) is 5.02 Å². The van der Waals surface area contributed by atoms with Crippen LogP contribution in [-0.4, -0.2) is 14.6 Å². The fraction of sp³-hybridized carbons (Fsp3) is 0.0556. The van der Waals surface area contributed by atoms with Crippen molar-refractivity contribution in [2.45, 2.75) is 11.8 Å². The Morgan fingerprint density at radius 1 is 1.04 bits per heavy atom. The van der Waals surface area contributed by atoms with Gasteiger partial charge in [-0.05, 0) is 53.8 Å². The molecule has 1 aromatic heterocycles. The molecule has 0 bridgehead atoms. The Morgan fingerprint density at radius 2 is 1.79 bits per heavy atom. The molecule has 0 amide bonds. The van der Waals surface area contributed by atoms with E-state index in [4.69, 9.17) is 11.6 Å². The largest absolute Gasteiger partial charge is 0.282 e. The normalized spacial score (nSPS) is 11.9. The van der Waals surface area contributed by atoms with Gasteiger partial charge in [-0.15, -0.1) is 11.3 Å². The van der Waals surface area contributed by atoms with E-state index in [1.807, 2.05) is 42.6 Å². The highest BCUT2D eigenvalue weighted by Crippen LogP contribution is 2.27. The van der Waals surface area contributed by atoms with Crippen LogP contribution in [0.3, 0.4) is 0 Å². The summed E-state index contributed by atoms with van der Waals surface area (Å²) in [6.45, 7) is 1.91. The predicted octanol–water partition coefficient (Wildman–Crippen LogP) is 5.18. The van der Waals surface area contributed by atoms with Crippen molar-refractivity contribution in [3.8, 4) is 11.1 Å². The van der Waals surface area contributed by atoms with E-state index in [1.54, 1.807) is 24.3 Å². The molecule has 0 aliphatic carbocycles. The number of sulfonamides is 1. The molecule has 0 aliphatic rings. The molecule has 6 heteroatoms. The molecule has 24 heavy (non-hydrogen) atoms. The van der Waals surface area contributed by atoms with Crippen LogP contribution >= 0.6 is 22.9 Å². The van der Waals surface area contributed by atoms with Gasteiger partial charge in [0.25, 0.3) is 10.0 Å². The van der Waals surface area contributed by atoms with E-state index in [1.165, 1.54) is 17.6 Å². The SMILES string of the molecule is Cc1ccc(S(=O)(=O)N=Cc2cc(-c3cccc(Cl)c3)cs2)cc1. The minimum Gasteiger partial charge on any atom is -0.199 e. The van der Waals surface area contributed by atoms with Gasteiger partial charge in [-0.3, -0.25) is 0 Å². The van der Waals surface area contributed by atoms with Crippen molar-refractivity contribution in [3.05, 3.63) is 75.4 Å². The van der Waals surface area contributed by atoms with Crippen LogP contribution in [0.15, 0.2) is 69.3 Å². The van der Waals surface area contributed by atoms with Crippen molar-refractivity contribution in [1.29, 1.82) is 0 Å². The van der Waals surface area contributed by atoms with E-state index in [9.17, 15) is 8.42 Å². The van der Waals surface area contributed by atoms with E-state index in [0.717, 1.165) is 21.6 Å². The number of thiophene rings is 1. The van der Waals surface area contributed by atoms with Crippen LogP contribution in [0.25, 0.3) is 11.1 Å². The number of hydrogen-bond donors (Lipinski definition) is 0. The number of nitrogens with zero attached hydrogens (tertiary/aromatic N) is 1. The summed E-state index contributed by atoms with van der Waals surface area (Å²) in [5, 5.41) is 2.61. The Bertz CT molecular complexity index is 990. The smallest absolute Gasteiger partial charge is 0.199 e. The van der Waals surface area contributed by atoms with Crippen LogP contribution in [0.5, 0.6) is 0 Å². The van der Waals surface area contributed by atoms with Gasteiger partial charge in [-0.2, -0.15) is 12.8 Å².